The van der Waals surface area contributed by atoms with Gasteiger partial charge in [-0.15, -0.1) is 6.58 Å². The zero-order valence-corrected chi connectivity index (χ0v) is 12.0. The molecule has 0 atom stereocenters. The molecule has 1 aliphatic rings. The van der Waals surface area contributed by atoms with E-state index in [0.29, 0.717) is 5.92 Å². The second-order valence-corrected chi connectivity index (χ2v) is 5.43. The number of aromatic nitrogens is 2. The van der Waals surface area contributed by atoms with E-state index in [4.69, 9.17) is 10.7 Å². The minimum atomic E-state index is 0.584. The first-order chi connectivity index (χ1) is 9.74. The van der Waals surface area contributed by atoms with Gasteiger partial charge in [-0.1, -0.05) is 37.3 Å². The Hall–Kier alpha value is -2.03. The van der Waals surface area contributed by atoms with Crippen LogP contribution in [-0.4, -0.2) is 9.55 Å². The Bertz CT molecular complexity index is 618. The number of allylic oxidation sites excluding steroid dienone is 1. The van der Waals surface area contributed by atoms with Crippen molar-refractivity contribution in [1.29, 1.82) is 0 Å². The topological polar surface area (TPSA) is 43.8 Å². The van der Waals surface area contributed by atoms with Crippen LogP contribution in [0.4, 0.5) is 5.82 Å². The molecule has 0 saturated heterocycles. The molecule has 0 amide bonds. The average Bonchev–Trinajstić information content (AvgIpc) is 3.27. The van der Waals surface area contributed by atoms with E-state index in [9.17, 15) is 0 Å². The summed E-state index contributed by atoms with van der Waals surface area (Å²) in [6, 6.07) is 8.54. The van der Waals surface area contributed by atoms with E-state index in [0.717, 1.165) is 35.9 Å². The molecule has 0 radical (unpaired) electrons. The smallest absolute Gasteiger partial charge is 0.132 e. The Kier molecular flexibility index (Phi) is 3.35. The second-order valence-electron chi connectivity index (χ2n) is 5.43. The molecule has 104 valence electrons. The predicted octanol–water partition coefficient (Wildman–Crippen LogP) is 3.76. The average molecular weight is 267 g/mol. The normalized spacial score (nSPS) is 14.4. The van der Waals surface area contributed by atoms with Crippen molar-refractivity contribution in [2.24, 2.45) is 0 Å². The highest BCUT2D eigenvalue weighted by atomic mass is 15.1. The molecular weight excluding hydrogens is 246 g/mol. The summed E-state index contributed by atoms with van der Waals surface area (Å²) in [5.41, 5.74) is 9.66. The fourth-order valence-electron chi connectivity index (χ4n) is 2.57. The first kappa shape index (κ1) is 13.0. The van der Waals surface area contributed by atoms with Gasteiger partial charge in [0.05, 0.1) is 0 Å². The van der Waals surface area contributed by atoms with E-state index in [2.05, 4.69) is 42.3 Å². The summed E-state index contributed by atoms with van der Waals surface area (Å²) in [5, 5.41) is 0. The van der Waals surface area contributed by atoms with Crippen LogP contribution in [0.3, 0.4) is 0 Å². The van der Waals surface area contributed by atoms with E-state index >= 15 is 0 Å². The summed E-state index contributed by atoms with van der Waals surface area (Å²) >= 11 is 0. The van der Waals surface area contributed by atoms with Gasteiger partial charge in [0, 0.05) is 18.0 Å². The summed E-state index contributed by atoms with van der Waals surface area (Å²) in [5.74, 6) is 2.47. The van der Waals surface area contributed by atoms with Crippen LogP contribution in [0, 0.1) is 0 Å². The molecule has 1 heterocycles. The molecule has 1 saturated carbocycles. The molecule has 20 heavy (non-hydrogen) atoms. The van der Waals surface area contributed by atoms with Crippen LogP contribution >= 0.6 is 0 Å². The number of imidazole rings is 1. The minimum Gasteiger partial charge on any atom is -0.383 e. The van der Waals surface area contributed by atoms with Gasteiger partial charge in [0.1, 0.15) is 17.3 Å². The van der Waals surface area contributed by atoms with Gasteiger partial charge in [-0.3, -0.25) is 0 Å². The van der Waals surface area contributed by atoms with E-state index in [1.807, 2.05) is 6.08 Å². The Morgan fingerprint density at radius 3 is 2.60 bits per heavy atom. The lowest BCUT2D eigenvalue weighted by Crippen LogP contribution is -2.05. The van der Waals surface area contributed by atoms with Crippen molar-refractivity contribution in [1.82, 2.24) is 9.55 Å². The van der Waals surface area contributed by atoms with Crippen LogP contribution in [0.5, 0.6) is 0 Å². The summed E-state index contributed by atoms with van der Waals surface area (Å²) in [4.78, 5) is 4.81. The molecule has 3 nitrogen and oxygen atoms in total. The van der Waals surface area contributed by atoms with Crippen molar-refractivity contribution in [2.45, 2.75) is 38.6 Å². The number of rotatable bonds is 5. The van der Waals surface area contributed by atoms with Crippen molar-refractivity contribution in [3.8, 4) is 11.3 Å². The third-order valence-corrected chi connectivity index (χ3v) is 3.93. The molecule has 3 rings (SSSR count). The van der Waals surface area contributed by atoms with Gasteiger partial charge in [0.2, 0.25) is 0 Å². The Morgan fingerprint density at radius 2 is 2.05 bits per heavy atom. The van der Waals surface area contributed by atoms with Gasteiger partial charge in [-0.05, 0) is 24.8 Å². The van der Waals surface area contributed by atoms with Gasteiger partial charge < -0.3 is 10.3 Å². The van der Waals surface area contributed by atoms with Crippen LogP contribution < -0.4 is 5.73 Å². The number of nitrogens with two attached hydrogens (primary N) is 1. The summed E-state index contributed by atoms with van der Waals surface area (Å²) in [6.45, 7) is 6.71. The minimum absolute atomic E-state index is 0.584. The maximum absolute atomic E-state index is 6.31. The number of aryl methyl sites for hydroxylation is 1. The molecule has 2 aromatic rings. The summed E-state index contributed by atoms with van der Waals surface area (Å²) < 4.78 is 2.10. The Morgan fingerprint density at radius 1 is 1.35 bits per heavy atom. The highest BCUT2D eigenvalue weighted by Gasteiger charge is 2.30. The lowest BCUT2D eigenvalue weighted by molar-refractivity contribution is 0.750. The molecule has 0 spiro atoms. The van der Waals surface area contributed by atoms with E-state index in [-0.39, 0.29) is 0 Å². The second kappa shape index (κ2) is 5.16. The third-order valence-electron chi connectivity index (χ3n) is 3.93. The van der Waals surface area contributed by atoms with Gasteiger partial charge in [0.15, 0.2) is 0 Å². The predicted molar refractivity (Wildman–Crippen MR) is 83.6 cm³/mol. The maximum atomic E-state index is 6.31. The SMILES string of the molecule is C=CCn1c(C2CC2)nc(-c2ccc(CC)cc2)c1N. The number of anilines is 1. The lowest BCUT2D eigenvalue weighted by atomic mass is 10.1. The molecule has 0 aliphatic heterocycles. The summed E-state index contributed by atoms with van der Waals surface area (Å²) in [6.07, 6.45) is 5.38. The maximum Gasteiger partial charge on any atom is 0.132 e. The number of nitrogen functional groups attached to an aromatic ring is 1. The number of hydrogen-bond acceptors (Lipinski definition) is 2. The number of nitrogens with zero attached hydrogens (tertiary/aromatic N) is 2. The number of hydrogen-bond donors (Lipinski definition) is 1. The Labute approximate surface area is 120 Å². The Balaban J connectivity index is 2.03. The molecule has 0 unspecified atom stereocenters. The van der Waals surface area contributed by atoms with Gasteiger partial charge in [0.25, 0.3) is 0 Å². The van der Waals surface area contributed by atoms with Crippen LogP contribution in [0.2, 0.25) is 0 Å². The zero-order chi connectivity index (χ0) is 14.1. The van der Waals surface area contributed by atoms with E-state index in [1.165, 1.54) is 18.4 Å². The first-order valence-corrected chi connectivity index (χ1v) is 7.30. The molecular formula is C17H21N3. The largest absolute Gasteiger partial charge is 0.383 e. The first-order valence-electron chi connectivity index (χ1n) is 7.30. The summed E-state index contributed by atoms with van der Waals surface area (Å²) in [7, 11) is 0. The molecule has 1 fully saturated rings. The fraction of sp³-hybridized carbons (Fsp3) is 0.353. The zero-order valence-electron chi connectivity index (χ0n) is 12.0. The molecule has 0 bridgehead atoms. The van der Waals surface area contributed by atoms with Crippen molar-refractivity contribution in [3.05, 3.63) is 48.3 Å². The van der Waals surface area contributed by atoms with Crippen LogP contribution in [-0.2, 0) is 13.0 Å². The third kappa shape index (κ3) is 2.24. The molecule has 1 aromatic carbocycles. The van der Waals surface area contributed by atoms with Crippen molar-refractivity contribution in [3.63, 3.8) is 0 Å². The van der Waals surface area contributed by atoms with Crippen LogP contribution in [0.25, 0.3) is 11.3 Å². The van der Waals surface area contributed by atoms with Gasteiger partial charge in [-0.25, -0.2) is 4.98 Å². The standard InChI is InChI=1S/C17H21N3/c1-3-11-20-16(18)15(19-17(20)14-9-10-14)13-7-5-12(4-2)6-8-13/h3,5-8,14H,1,4,9-11,18H2,2H3. The molecule has 1 aliphatic carbocycles. The quantitative estimate of drug-likeness (QED) is 0.838. The highest BCUT2D eigenvalue weighted by Crippen LogP contribution is 2.42. The van der Waals surface area contributed by atoms with Crippen molar-refractivity contribution in [2.75, 3.05) is 5.73 Å². The molecule has 3 heteroatoms. The molecule has 2 N–H and O–H groups in total. The van der Waals surface area contributed by atoms with E-state index < -0.39 is 0 Å². The van der Waals surface area contributed by atoms with Crippen molar-refractivity contribution >= 4 is 5.82 Å². The van der Waals surface area contributed by atoms with Crippen LogP contribution in [0.1, 0.15) is 37.1 Å². The molecule has 1 aromatic heterocycles. The number of benzene rings is 1. The van der Waals surface area contributed by atoms with Gasteiger partial charge >= 0.3 is 0 Å². The van der Waals surface area contributed by atoms with Crippen molar-refractivity contribution < 1.29 is 0 Å². The van der Waals surface area contributed by atoms with Crippen LogP contribution in [0.15, 0.2) is 36.9 Å². The monoisotopic (exact) mass is 267 g/mol. The van der Waals surface area contributed by atoms with Gasteiger partial charge in [-0.2, -0.15) is 0 Å². The van der Waals surface area contributed by atoms with E-state index in [1.54, 1.807) is 0 Å². The highest BCUT2D eigenvalue weighted by molar-refractivity contribution is 5.71. The lowest BCUT2D eigenvalue weighted by Gasteiger charge is -2.06. The fourth-order valence-corrected chi connectivity index (χ4v) is 2.57.